The molecule has 28 heavy (non-hydrogen) atoms. The summed E-state index contributed by atoms with van der Waals surface area (Å²) in [5, 5.41) is 0. The maximum atomic E-state index is 13.3. The molecular formula is C25H20N2O. The van der Waals surface area contributed by atoms with Crippen LogP contribution in [0.2, 0.25) is 0 Å². The van der Waals surface area contributed by atoms with Crippen molar-refractivity contribution in [3.8, 4) is 22.3 Å². The first-order valence-electron chi connectivity index (χ1n) is 9.08. The highest BCUT2D eigenvalue weighted by Gasteiger charge is 2.19. The molecule has 0 saturated heterocycles. The van der Waals surface area contributed by atoms with Crippen LogP contribution >= 0.6 is 0 Å². The van der Waals surface area contributed by atoms with E-state index in [0.717, 1.165) is 22.3 Å². The maximum Gasteiger partial charge on any atom is 0.193 e. The van der Waals surface area contributed by atoms with Gasteiger partial charge in [0.25, 0.3) is 0 Å². The fourth-order valence-electron chi connectivity index (χ4n) is 3.44. The van der Waals surface area contributed by atoms with Crippen molar-refractivity contribution < 1.29 is 4.79 Å². The van der Waals surface area contributed by atoms with E-state index in [1.807, 2.05) is 97.1 Å². The van der Waals surface area contributed by atoms with Gasteiger partial charge in [-0.25, -0.2) is 0 Å². The first-order chi connectivity index (χ1) is 13.6. The normalized spacial score (nSPS) is 10.6. The number of benzene rings is 4. The summed E-state index contributed by atoms with van der Waals surface area (Å²) in [5.41, 5.74) is 18.3. The highest BCUT2D eigenvalue weighted by atomic mass is 16.1. The number of nitrogen functional groups attached to an aromatic ring is 2. The predicted octanol–water partition coefficient (Wildman–Crippen LogP) is 5.42. The Balaban J connectivity index is 1.99. The van der Waals surface area contributed by atoms with E-state index in [1.54, 1.807) is 0 Å². The van der Waals surface area contributed by atoms with Gasteiger partial charge in [-0.1, -0.05) is 72.8 Å². The van der Waals surface area contributed by atoms with Crippen LogP contribution in [0.3, 0.4) is 0 Å². The summed E-state index contributed by atoms with van der Waals surface area (Å²) in [6.45, 7) is 0. The lowest BCUT2D eigenvalue weighted by atomic mass is 9.87. The zero-order valence-corrected chi connectivity index (χ0v) is 15.3. The number of carbonyl (C=O) groups excluding carboxylic acids is 1. The lowest BCUT2D eigenvalue weighted by Gasteiger charge is -2.16. The van der Waals surface area contributed by atoms with Gasteiger partial charge >= 0.3 is 0 Å². The van der Waals surface area contributed by atoms with E-state index in [9.17, 15) is 4.79 Å². The number of hydrogen-bond acceptors (Lipinski definition) is 3. The fraction of sp³-hybridized carbons (Fsp3) is 0. The molecule has 0 fully saturated rings. The summed E-state index contributed by atoms with van der Waals surface area (Å²) in [6, 6.07) is 30.4. The Kier molecular flexibility index (Phi) is 4.65. The minimum atomic E-state index is -0.0243. The molecule has 0 spiro atoms. The fourth-order valence-corrected chi connectivity index (χ4v) is 3.44. The second kappa shape index (κ2) is 7.41. The van der Waals surface area contributed by atoms with Crippen LogP contribution in [0.5, 0.6) is 0 Å². The SMILES string of the molecule is Nc1cccc(-c2cccc(C(=O)c3ccccc3)c2-c2cccc(N)c2)c1. The monoisotopic (exact) mass is 364 g/mol. The zero-order valence-electron chi connectivity index (χ0n) is 15.3. The summed E-state index contributed by atoms with van der Waals surface area (Å²) in [6.07, 6.45) is 0. The highest BCUT2D eigenvalue weighted by Crippen LogP contribution is 2.37. The van der Waals surface area contributed by atoms with Crippen LogP contribution in [-0.2, 0) is 0 Å². The van der Waals surface area contributed by atoms with Crippen LogP contribution in [0, 0.1) is 0 Å². The lowest BCUT2D eigenvalue weighted by molar-refractivity contribution is 0.103. The van der Waals surface area contributed by atoms with Crippen LogP contribution in [0.1, 0.15) is 15.9 Å². The number of ketones is 1. The minimum absolute atomic E-state index is 0.0243. The predicted molar refractivity (Wildman–Crippen MR) is 116 cm³/mol. The number of rotatable bonds is 4. The molecule has 0 aliphatic rings. The third kappa shape index (κ3) is 3.38. The van der Waals surface area contributed by atoms with Gasteiger partial charge < -0.3 is 11.5 Å². The third-order valence-electron chi connectivity index (χ3n) is 4.72. The van der Waals surface area contributed by atoms with E-state index in [-0.39, 0.29) is 5.78 Å². The standard InChI is InChI=1S/C25H20N2O/c26-20-11-4-9-18(15-20)22-13-6-14-23(25(28)17-7-2-1-3-8-17)24(22)19-10-5-12-21(27)16-19/h1-16H,26-27H2. The molecule has 0 heterocycles. The van der Waals surface area contributed by atoms with Gasteiger partial charge in [0.15, 0.2) is 5.78 Å². The van der Waals surface area contributed by atoms with E-state index in [4.69, 9.17) is 11.5 Å². The molecule has 0 amide bonds. The summed E-state index contributed by atoms with van der Waals surface area (Å²) in [5.74, 6) is -0.0243. The van der Waals surface area contributed by atoms with E-state index < -0.39 is 0 Å². The van der Waals surface area contributed by atoms with Gasteiger partial charge in [-0.05, 0) is 41.0 Å². The molecule has 0 atom stereocenters. The molecule has 0 radical (unpaired) electrons. The molecule has 0 aliphatic carbocycles. The number of hydrogen-bond donors (Lipinski definition) is 2. The molecule has 0 bridgehead atoms. The molecule has 4 aromatic rings. The lowest BCUT2D eigenvalue weighted by Crippen LogP contribution is -2.05. The summed E-state index contributed by atoms with van der Waals surface area (Å²) in [4.78, 5) is 13.3. The zero-order chi connectivity index (χ0) is 19.5. The molecule has 0 unspecified atom stereocenters. The second-order valence-electron chi connectivity index (χ2n) is 6.67. The van der Waals surface area contributed by atoms with Crippen LogP contribution in [-0.4, -0.2) is 5.78 Å². The quantitative estimate of drug-likeness (QED) is 0.375. The molecule has 3 heteroatoms. The van der Waals surface area contributed by atoms with Crippen LogP contribution < -0.4 is 11.5 Å². The molecule has 4 aromatic carbocycles. The molecule has 0 aromatic heterocycles. The van der Waals surface area contributed by atoms with Crippen molar-refractivity contribution in [2.75, 3.05) is 11.5 Å². The van der Waals surface area contributed by atoms with E-state index in [1.165, 1.54) is 0 Å². The van der Waals surface area contributed by atoms with Crippen molar-refractivity contribution in [2.24, 2.45) is 0 Å². The average molecular weight is 364 g/mol. The Morgan fingerprint density at radius 3 is 1.89 bits per heavy atom. The minimum Gasteiger partial charge on any atom is -0.399 e. The van der Waals surface area contributed by atoms with Crippen molar-refractivity contribution in [3.05, 3.63) is 108 Å². The Morgan fingerprint density at radius 2 is 1.21 bits per heavy atom. The highest BCUT2D eigenvalue weighted by molar-refractivity contribution is 6.14. The molecule has 0 saturated carbocycles. The van der Waals surface area contributed by atoms with Crippen LogP contribution in [0.15, 0.2) is 97.1 Å². The van der Waals surface area contributed by atoms with Gasteiger partial charge in [-0.2, -0.15) is 0 Å². The smallest absolute Gasteiger partial charge is 0.193 e. The number of nitrogens with two attached hydrogens (primary N) is 2. The Hall–Kier alpha value is -3.85. The van der Waals surface area contributed by atoms with Crippen LogP contribution in [0.4, 0.5) is 11.4 Å². The molecule has 0 aliphatic heterocycles. The van der Waals surface area contributed by atoms with Crippen molar-refractivity contribution in [2.45, 2.75) is 0 Å². The number of anilines is 2. The maximum absolute atomic E-state index is 13.3. The Morgan fingerprint density at radius 1 is 0.607 bits per heavy atom. The van der Waals surface area contributed by atoms with E-state index in [0.29, 0.717) is 22.5 Å². The molecule has 4 N–H and O–H groups in total. The third-order valence-corrected chi connectivity index (χ3v) is 4.72. The van der Waals surface area contributed by atoms with Gasteiger partial charge in [-0.15, -0.1) is 0 Å². The summed E-state index contributed by atoms with van der Waals surface area (Å²) in [7, 11) is 0. The van der Waals surface area contributed by atoms with Gasteiger partial charge in [0.1, 0.15) is 0 Å². The second-order valence-corrected chi connectivity index (χ2v) is 6.67. The van der Waals surface area contributed by atoms with Gasteiger partial charge in [0.2, 0.25) is 0 Å². The summed E-state index contributed by atoms with van der Waals surface area (Å²) < 4.78 is 0. The first kappa shape index (κ1) is 17.6. The van der Waals surface area contributed by atoms with Gasteiger partial charge in [-0.3, -0.25) is 4.79 Å². The first-order valence-corrected chi connectivity index (χ1v) is 9.08. The molecule has 4 rings (SSSR count). The molecular weight excluding hydrogens is 344 g/mol. The van der Waals surface area contributed by atoms with Crippen LogP contribution in [0.25, 0.3) is 22.3 Å². The van der Waals surface area contributed by atoms with Crippen molar-refractivity contribution in [1.82, 2.24) is 0 Å². The van der Waals surface area contributed by atoms with E-state index >= 15 is 0 Å². The van der Waals surface area contributed by atoms with E-state index in [2.05, 4.69) is 0 Å². The topological polar surface area (TPSA) is 69.1 Å². The van der Waals surface area contributed by atoms with Gasteiger partial charge in [0, 0.05) is 28.1 Å². The van der Waals surface area contributed by atoms with Crippen molar-refractivity contribution in [1.29, 1.82) is 0 Å². The summed E-state index contributed by atoms with van der Waals surface area (Å²) >= 11 is 0. The van der Waals surface area contributed by atoms with Crippen molar-refractivity contribution in [3.63, 3.8) is 0 Å². The molecule has 3 nitrogen and oxygen atoms in total. The number of carbonyl (C=O) groups is 1. The van der Waals surface area contributed by atoms with Gasteiger partial charge in [0.05, 0.1) is 0 Å². The molecule has 136 valence electrons. The average Bonchev–Trinajstić information content (AvgIpc) is 2.73. The van der Waals surface area contributed by atoms with Crippen molar-refractivity contribution >= 4 is 17.2 Å². The Bertz CT molecular complexity index is 1150. The Labute approximate surface area is 164 Å². The largest absolute Gasteiger partial charge is 0.399 e.